The SMILES string of the molecule is N#Cc1ccc(-c2ccc(-c3ccc(-c4cccc5c4sc4c(-c6ccc(-c7ccc(-c8ccccc8)nc7)cc6)cccc45)cc3)cn2)cc1. The van der Waals surface area contributed by atoms with Crippen molar-refractivity contribution >= 4 is 31.5 Å². The van der Waals surface area contributed by atoms with Gasteiger partial charge < -0.3 is 0 Å². The van der Waals surface area contributed by atoms with E-state index in [9.17, 15) is 0 Å². The lowest BCUT2D eigenvalue weighted by Crippen LogP contribution is -1.86. The van der Waals surface area contributed by atoms with E-state index < -0.39 is 0 Å². The zero-order valence-electron chi connectivity index (χ0n) is 27.5. The van der Waals surface area contributed by atoms with Crippen LogP contribution in [-0.2, 0) is 0 Å². The second kappa shape index (κ2) is 13.0. The zero-order chi connectivity index (χ0) is 34.1. The first-order valence-corrected chi connectivity index (χ1v) is 17.7. The van der Waals surface area contributed by atoms with Gasteiger partial charge in [0.1, 0.15) is 0 Å². The van der Waals surface area contributed by atoms with Crippen molar-refractivity contribution in [2.45, 2.75) is 0 Å². The van der Waals surface area contributed by atoms with Crippen LogP contribution in [0.2, 0.25) is 0 Å². The van der Waals surface area contributed by atoms with Crippen molar-refractivity contribution in [3.8, 4) is 73.1 Å². The molecule has 0 aliphatic carbocycles. The number of fused-ring (bicyclic) bond motifs is 3. The lowest BCUT2D eigenvalue weighted by molar-refractivity contribution is 1.32. The summed E-state index contributed by atoms with van der Waals surface area (Å²) in [6, 6.07) is 59.3. The molecule has 0 bridgehead atoms. The van der Waals surface area contributed by atoms with Crippen molar-refractivity contribution < 1.29 is 0 Å². The maximum atomic E-state index is 9.09. The molecule has 9 rings (SSSR count). The summed E-state index contributed by atoms with van der Waals surface area (Å²) in [5.41, 5.74) is 13.9. The molecule has 4 heteroatoms. The van der Waals surface area contributed by atoms with Gasteiger partial charge in [-0.05, 0) is 57.6 Å². The van der Waals surface area contributed by atoms with E-state index in [2.05, 4.69) is 121 Å². The van der Waals surface area contributed by atoms with Crippen LogP contribution in [0, 0.1) is 11.3 Å². The Hall–Kier alpha value is -6.67. The van der Waals surface area contributed by atoms with Crippen LogP contribution in [0.15, 0.2) is 176 Å². The number of hydrogen-bond acceptors (Lipinski definition) is 4. The standard InChI is InChI=1S/C47H29N3S/c48-28-31-12-14-37(15-13-31)45-27-25-39(30-50-45)33-18-22-35(23-19-33)41-9-5-11-43-42-10-4-8-40(46(42)51-47(41)43)34-20-16-32(17-21-34)38-24-26-44(49-29-38)36-6-2-1-3-7-36/h1-27,29-30H. The van der Waals surface area contributed by atoms with Crippen molar-refractivity contribution in [1.82, 2.24) is 9.97 Å². The lowest BCUT2D eigenvalue weighted by atomic mass is 9.97. The van der Waals surface area contributed by atoms with E-state index in [-0.39, 0.29) is 0 Å². The third-order valence-corrected chi connectivity index (χ3v) is 10.8. The molecule has 0 spiro atoms. The molecule has 3 heterocycles. The Morgan fingerprint density at radius 3 is 1.25 bits per heavy atom. The van der Waals surface area contributed by atoms with Crippen LogP contribution in [-0.4, -0.2) is 9.97 Å². The molecule has 238 valence electrons. The predicted octanol–water partition coefficient (Wildman–Crippen LogP) is 12.7. The molecule has 0 saturated heterocycles. The highest BCUT2D eigenvalue weighted by Gasteiger charge is 2.14. The van der Waals surface area contributed by atoms with Gasteiger partial charge in [-0.1, -0.05) is 140 Å². The molecule has 0 aliphatic heterocycles. The number of rotatable bonds is 6. The largest absolute Gasteiger partial charge is 0.256 e. The highest BCUT2D eigenvalue weighted by molar-refractivity contribution is 7.26. The number of pyridine rings is 2. The molecule has 6 aromatic carbocycles. The molecule has 51 heavy (non-hydrogen) atoms. The minimum Gasteiger partial charge on any atom is -0.256 e. The molecule has 0 unspecified atom stereocenters. The Kier molecular flexibility index (Phi) is 7.74. The number of hydrogen-bond donors (Lipinski definition) is 0. The molecule has 0 N–H and O–H groups in total. The summed E-state index contributed by atoms with van der Waals surface area (Å²) in [7, 11) is 0. The predicted molar refractivity (Wildman–Crippen MR) is 212 cm³/mol. The highest BCUT2D eigenvalue weighted by Crippen LogP contribution is 2.44. The fourth-order valence-electron chi connectivity index (χ4n) is 6.75. The fourth-order valence-corrected chi connectivity index (χ4v) is 8.13. The highest BCUT2D eigenvalue weighted by atomic mass is 32.1. The van der Waals surface area contributed by atoms with Crippen LogP contribution in [0.5, 0.6) is 0 Å². The minimum absolute atomic E-state index is 0.646. The normalized spacial score (nSPS) is 11.1. The third kappa shape index (κ3) is 5.76. The number of aromatic nitrogens is 2. The second-order valence-electron chi connectivity index (χ2n) is 12.5. The van der Waals surface area contributed by atoms with E-state index in [0.29, 0.717) is 5.56 Å². The van der Waals surface area contributed by atoms with Gasteiger partial charge >= 0.3 is 0 Å². The quantitative estimate of drug-likeness (QED) is 0.177. The molecule has 0 radical (unpaired) electrons. The topological polar surface area (TPSA) is 49.6 Å². The second-order valence-corrected chi connectivity index (χ2v) is 13.6. The number of nitrogens with zero attached hydrogens (tertiary/aromatic N) is 3. The Morgan fingerprint density at radius 2 is 0.804 bits per heavy atom. The Labute approximate surface area is 300 Å². The lowest BCUT2D eigenvalue weighted by Gasteiger charge is -2.07. The average Bonchev–Trinajstić information content (AvgIpc) is 3.61. The summed E-state index contributed by atoms with van der Waals surface area (Å²) in [6.45, 7) is 0. The first-order chi connectivity index (χ1) is 25.2. The van der Waals surface area contributed by atoms with Crippen molar-refractivity contribution in [1.29, 1.82) is 5.26 Å². The van der Waals surface area contributed by atoms with Crippen molar-refractivity contribution in [2.75, 3.05) is 0 Å². The summed E-state index contributed by atoms with van der Waals surface area (Å²) in [6.07, 6.45) is 3.88. The molecular weight excluding hydrogens is 639 g/mol. The Morgan fingerprint density at radius 1 is 0.373 bits per heavy atom. The maximum absolute atomic E-state index is 9.09. The van der Waals surface area contributed by atoms with Crippen LogP contribution >= 0.6 is 11.3 Å². The molecule has 9 aromatic rings. The molecule has 0 aliphatic rings. The van der Waals surface area contributed by atoms with Crippen LogP contribution in [0.3, 0.4) is 0 Å². The van der Waals surface area contributed by atoms with Gasteiger partial charge in [0, 0.05) is 54.8 Å². The van der Waals surface area contributed by atoms with Crippen LogP contribution in [0.1, 0.15) is 5.56 Å². The van der Waals surface area contributed by atoms with Gasteiger partial charge in [-0.25, -0.2) is 0 Å². The maximum Gasteiger partial charge on any atom is 0.0991 e. The summed E-state index contributed by atoms with van der Waals surface area (Å²) in [5.74, 6) is 0. The summed E-state index contributed by atoms with van der Waals surface area (Å²) >= 11 is 1.87. The third-order valence-electron chi connectivity index (χ3n) is 9.49. The van der Waals surface area contributed by atoms with Crippen molar-refractivity contribution in [3.05, 3.63) is 182 Å². The molecule has 0 amide bonds. The summed E-state index contributed by atoms with van der Waals surface area (Å²) in [5, 5.41) is 11.7. The number of benzene rings is 6. The average molecular weight is 668 g/mol. The Bertz CT molecular complexity index is 2690. The molecule has 0 fully saturated rings. The summed E-state index contributed by atoms with van der Waals surface area (Å²) in [4.78, 5) is 9.44. The van der Waals surface area contributed by atoms with E-state index in [0.717, 1.165) is 44.8 Å². The van der Waals surface area contributed by atoms with E-state index >= 15 is 0 Å². The monoisotopic (exact) mass is 667 g/mol. The van der Waals surface area contributed by atoms with E-state index in [1.165, 1.54) is 42.4 Å². The fraction of sp³-hybridized carbons (Fsp3) is 0. The van der Waals surface area contributed by atoms with Gasteiger partial charge in [-0.15, -0.1) is 11.3 Å². The number of nitriles is 1. The Balaban J connectivity index is 0.995. The van der Waals surface area contributed by atoms with Gasteiger partial charge in [-0.2, -0.15) is 5.26 Å². The molecule has 3 nitrogen and oxygen atoms in total. The van der Waals surface area contributed by atoms with Gasteiger partial charge in [0.15, 0.2) is 0 Å². The van der Waals surface area contributed by atoms with Gasteiger partial charge in [-0.3, -0.25) is 9.97 Å². The van der Waals surface area contributed by atoms with E-state index in [1.807, 2.05) is 72.3 Å². The van der Waals surface area contributed by atoms with Crippen LogP contribution in [0.25, 0.3) is 87.2 Å². The molecular formula is C47H29N3S. The van der Waals surface area contributed by atoms with Crippen LogP contribution < -0.4 is 0 Å². The smallest absolute Gasteiger partial charge is 0.0991 e. The van der Waals surface area contributed by atoms with E-state index in [1.54, 1.807) is 0 Å². The first-order valence-electron chi connectivity index (χ1n) is 16.9. The minimum atomic E-state index is 0.646. The van der Waals surface area contributed by atoms with E-state index in [4.69, 9.17) is 15.2 Å². The van der Waals surface area contributed by atoms with Gasteiger partial charge in [0.25, 0.3) is 0 Å². The number of thiophene rings is 1. The van der Waals surface area contributed by atoms with Gasteiger partial charge in [0.05, 0.1) is 23.0 Å². The molecule has 0 saturated carbocycles. The molecule has 0 atom stereocenters. The van der Waals surface area contributed by atoms with Gasteiger partial charge in [0.2, 0.25) is 0 Å². The van der Waals surface area contributed by atoms with Crippen LogP contribution in [0.4, 0.5) is 0 Å². The van der Waals surface area contributed by atoms with Crippen molar-refractivity contribution in [3.63, 3.8) is 0 Å². The first kappa shape index (κ1) is 30.4. The summed E-state index contributed by atoms with van der Waals surface area (Å²) < 4.78 is 2.59. The molecule has 3 aromatic heterocycles. The van der Waals surface area contributed by atoms with Crippen molar-refractivity contribution in [2.24, 2.45) is 0 Å². The zero-order valence-corrected chi connectivity index (χ0v) is 28.3.